The quantitative estimate of drug-likeness (QED) is 0.107. The van der Waals surface area contributed by atoms with Crippen molar-refractivity contribution in [3.8, 4) is 24.7 Å². The molecule has 0 heterocycles. The molecule has 52 heavy (non-hydrogen) atoms. The highest BCUT2D eigenvalue weighted by atomic mass is 32.2. The van der Waals surface area contributed by atoms with E-state index in [0.717, 1.165) is 43.2 Å². The summed E-state index contributed by atoms with van der Waals surface area (Å²) in [4.78, 5) is 29.8. The first-order chi connectivity index (χ1) is 24.9. The molecule has 0 saturated heterocycles. The molecule has 0 aliphatic heterocycles. The second-order valence-electron chi connectivity index (χ2n) is 14.2. The van der Waals surface area contributed by atoms with Crippen molar-refractivity contribution in [3.05, 3.63) is 71.8 Å². The summed E-state index contributed by atoms with van der Waals surface area (Å²) in [6.45, 7) is 1.37. The van der Waals surface area contributed by atoms with Crippen molar-refractivity contribution in [2.24, 2.45) is 11.8 Å². The van der Waals surface area contributed by atoms with Crippen LogP contribution in [0.5, 0.6) is 0 Å². The van der Waals surface area contributed by atoms with Gasteiger partial charge >= 0.3 is 0 Å². The highest BCUT2D eigenvalue weighted by molar-refractivity contribution is 7.89. The zero-order chi connectivity index (χ0) is 37.9. The third-order valence-electron chi connectivity index (χ3n) is 9.90. The SMILES string of the molecule is C#CCCC[C@H](O)[C@H](O)[C@H](CC1CCCCC1)NC(=O)[C@H](CC#C)NC(=O)C(Cc1ccccc1)CS(=O)(=O)N(C)CCN(C)Cc1ccccc1. The van der Waals surface area contributed by atoms with Gasteiger partial charge < -0.3 is 25.7 Å². The fourth-order valence-electron chi connectivity index (χ4n) is 6.75. The summed E-state index contributed by atoms with van der Waals surface area (Å²) in [6, 6.07) is 17.1. The van der Waals surface area contributed by atoms with Crippen molar-refractivity contribution in [1.29, 1.82) is 0 Å². The maximum absolute atomic E-state index is 13.9. The van der Waals surface area contributed by atoms with E-state index in [1.165, 1.54) is 11.4 Å². The molecule has 1 unspecified atom stereocenters. The van der Waals surface area contributed by atoms with E-state index in [1.807, 2.05) is 72.6 Å². The number of rotatable bonds is 22. The molecule has 11 heteroatoms. The Balaban J connectivity index is 1.74. The van der Waals surface area contributed by atoms with E-state index < -0.39 is 57.8 Å². The molecular formula is C41H58N4O6S. The Morgan fingerprint density at radius 1 is 0.885 bits per heavy atom. The Kier molecular flexibility index (Phi) is 18.4. The molecule has 1 aliphatic rings. The van der Waals surface area contributed by atoms with Gasteiger partial charge in [0.2, 0.25) is 21.8 Å². The minimum atomic E-state index is -3.90. The lowest BCUT2D eigenvalue weighted by molar-refractivity contribution is -0.132. The molecule has 1 fully saturated rings. The van der Waals surface area contributed by atoms with Crippen LogP contribution in [0.2, 0.25) is 0 Å². The maximum atomic E-state index is 13.9. The number of carbonyl (C=O) groups is 2. The van der Waals surface area contributed by atoms with E-state index in [4.69, 9.17) is 12.8 Å². The van der Waals surface area contributed by atoms with Crippen LogP contribution in [0.15, 0.2) is 60.7 Å². The van der Waals surface area contributed by atoms with Gasteiger partial charge in [-0.15, -0.1) is 24.7 Å². The van der Waals surface area contributed by atoms with Crippen LogP contribution in [0.25, 0.3) is 0 Å². The third kappa shape index (κ3) is 14.7. The number of hydrogen-bond acceptors (Lipinski definition) is 7. The maximum Gasteiger partial charge on any atom is 0.243 e. The average molecular weight is 735 g/mol. The number of amides is 2. The van der Waals surface area contributed by atoms with E-state index >= 15 is 0 Å². The smallest absolute Gasteiger partial charge is 0.243 e. The lowest BCUT2D eigenvalue weighted by Crippen LogP contribution is -2.56. The second kappa shape index (κ2) is 22.4. The van der Waals surface area contributed by atoms with Gasteiger partial charge in [0.05, 0.1) is 29.9 Å². The molecule has 0 bridgehead atoms. The summed E-state index contributed by atoms with van der Waals surface area (Å²) in [5, 5.41) is 27.7. The molecule has 3 rings (SSSR count). The zero-order valence-corrected chi connectivity index (χ0v) is 31.6. The van der Waals surface area contributed by atoms with Gasteiger partial charge in [-0.3, -0.25) is 9.59 Å². The van der Waals surface area contributed by atoms with E-state index in [9.17, 15) is 28.2 Å². The molecule has 0 spiro atoms. The van der Waals surface area contributed by atoms with Crippen LogP contribution >= 0.6 is 0 Å². The Morgan fingerprint density at radius 3 is 2.13 bits per heavy atom. The van der Waals surface area contributed by atoms with E-state index in [-0.39, 0.29) is 31.7 Å². The number of benzene rings is 2. The topological polar surface area (TPSA) is 139 Å². The number of likely N-dealkylation sites (N-methyl/N-ethyl adjacent to an activating group) is 2. The monoisotopic (exact) mass is 734 g/mol. The summed E-state index contributed by atoms with van der Waals surface area (Å²) in [6.07, 6.45) is 15.6. The number of nitrogens with zero attached hydrogens (tertiary/aromatic N) is 2. The van der Waals surface area contributed by atoms with Crippen LogP contribution in [0.1, 0.15) is 75.3 Å². The highest BCUT2D eigenvalue weighted by Gasteiger charge is 2.35. The minimum absolute atomic E-state index is 0.130. The molecular weight excluding hydrogens is 677 g/mol. The molecule has 0 radical (unpaired) electrons. The van der Waals surface area contributed by atoms with Gasteiger partial charge in [-0.25, -0.2) is 12.7 Å². The largest absolute Gasteiger partial charge is 0.390 e. The standard InChI is InChI=1S/C41H58N4O6S/c1-5-7-11-25-38(46)39(47)37(29-33-21-14-9-15-22-33)43-41(49)36(18-6-2)42-40(48)35(28-32-19-12-8-13-20-32)31-52(50,51)45(4)27-26-44(3)30-34-23-16-10-17-24-34/h1-2,8,10,12-13,16-17,19-20,23-24,33,35-39,46-47H,7,9,11,14-15,18,21-22,25-31H2,3-4H3,(H,42,48)(H,43,49)/t35?,36-,37-,38-,39+/m0/s1. The van der Waals surface area contributed by atoms with Crippen LogP contribution in [-0.2, 0) is 32.6 Å². The normalized spacial score (nSPS) is 16.6. The zero-order valence-electron chi connectivity index (χ0n) is 30.8. The Labute approximate surface area is 311 Å². The van der Waals surface area contributed by atoms with Gasteiger partial charge in [-0.05, 0) is 49.8 Å². The number of terminal acetylenes is 2. The Bertz CT molecular complexity index is 1550. The van der Waals surface area contributed by atoms with E-state index in [1.54, 1.807) is 0 Å². The Hall–Kier alpha value is -3.71. The third-order valence-corrected chi connectivity index (χ3v) is 11.9. The number of hydrogen-bond donors (Lipinski definition) is 4. The predicted octanol–water partition coefficient (Wildman–Crippen LogP) is 3.73. The van der Waals surface area contributed by atoms with Crippen LogP contribution < -0.4 is 10.6 Å². The van der Waals surface area contributed by atoms with Crippen LogP contribution in [-0.4, -0.2) is 96.9 Å². The summed E-state index contributed by atoms with van der Waals surface area (Å²) < 4.78 is 28.6. The van der Waals surface area contributed by atoms with Crippen LogP contribution in [0.3, 0.4) is 0 Å². The average Bonchev–Trinajstić information content (AvgIpc) is 3.14. The van der Waals surface area contributed by atoms with Gasteiger partial charge in [0, 0.05) is 39.5 Å². The summed E-state index contributed by atoms with van der Waals surface area (Å²) in [5.41, 5.74) is 1.89. The molecule has 1 aliphatic carbocycles. The predicted molar refractivity (Wildman–Crippen MR) is 206 cm³/mol. The van der Waals surface area contributed by atoms with E-state index in [2.05, 4.69) is 22.5 Å². The highest BCUT2D eigenvalue weighted by Crippen LogP contribution is 2.29. The second-order valence-corrected chi connectivity index (χ2v) is 16.3. The fourth-order valence-corrected chi connectivity index (χ4v) is 8.14. The van der Waals surface area contributed by atoms with Gasteiger partial charge in [0.1, 0.15) is 6.04 Å². The lowest BCUT2D eigenvalue weighted by atomic mass is 9.82. The molecule has 0 aromatic heterocycles. The lowest BCUT2D eigenvalue weighted by Gasteiger charge is -2.33. The summed E-state index contributed by atoms with van der Waals surface area (Å²) >= 11 is 0. The number of sulfonamides is 1. The van der Waals surface area contributed by atoms with Crippen molar-refractivity contribution in [2.75, 3.05) is 32.9 Å². The first kappa shape index (κ1) is 42.7. The number of aliphatic hydroxyl groups is 2. The minimum Gasteiger partial charge on any atom is -0.390 e. The number of aliphatic hydroxyl groups excluding tert-OH is 2. The van der Waals surface area contributed by atoms with Crippen molar-refractivity contribution < 1.29 is 28.2 Å². The first-order valence-corrected chi connectivity index (χ1v) is 20.1. The number of nitrogens with one attached hydrogen (secondary N) is 2. The number of carbonyl (C=O) groups excluding carboxylic acids is 2. The molecule has 5 atom stereocenters. The number of unbranched alkanes of at least 4 members (excludes halogenated alkanes) is 1. The first-order valence-electron chi connectivity index (χ1n) is 18.5. The molecule has 10 nitrogen and oxygen atoms in total. The van der Waals surface area contributed by atoms with Gasteiger partial charge in [-0.1, -0.05) is 92.8 Å². The van der Waals surface area contributed by atoms with Crippen molar-refractivity contribution in [3.63, 3.8) is 0 Å². The Morgan fingerprint density at radius 2 is 1.52 bits per heavy atom. The van der Waals surface area contributed by atoms with Crippen molar-refractivity contribution >= 4 is 21.8 Å². The molecule has 284 valence electrons. The molecule has 2 aromatic carbocycles. The molecule has 2 aromatic rings. The fraction of sp³-hybridized carbons (Fsp3) is 0.561. The van der Waals surface area contributed by atoms with E-state index in [0.29, 0.717) is 32.4 Å². The summed E-state index contributed by atoms with van der Waals surface area (Å²) in [7, 11) is -0.460. The van der Waals surface area contributed by atoms with Crippen molar-refractivity contribution in [2.45, 2.75) is 101 Å². The molecule has 4 N–H and O–H groups in total. The van der Waals surface area contributed by atoms with Crippen LogP contribution in [0, 0.1) is 36.5 Å². The van der Waals surface area contributed by atoms with Gasteiger partial charge in [-0.2, -0.15) is 0 Å². The van der Waals surface area contributed by atoms with Gasteiger partial charge in [0.15, 0.2) is 0 Å². The van der Waals surface area contributed by atoms with Gasteiger partial charge in [0.25, 0.3) is 0 Å². The molecule has 2 amide bonds. The van der Waals surface area contributed by atoms with Crippen molar-refractivity contribution in [1.82, 2.24) is 19.8 Å². The molecule has 1 saturated carbocycles. The summed E-state index contributed by atoms with van der Waals surface area (Å²) in [5.74, 6) is 2.56. The van der Waals surface area contributed by atoms with Crippen LogP contribution in [0.4, 0.5) is 0 Å².